The van der Waals surface area contributed by atoms with Crippen molar-refractivity contribution in [2.75, 3.05) is 11.9 Å². The van der Waals surface area contributed by atoms with Crippen molar-refractivity contribution in [2.45, 2.75) is 32.6 Å². The van der Waals surface area contributed by atoms with Crippen molar-refractivity contribution in [2.24, 2.45) is 0 Å². The second kappa shape index (κ2) is 4.32. The third-order valence-electron chi connectivity index (χ3n) is 3.39. The van der Waals surface area contributed by atoms with Crippen molar-refractivity contribution in [1.29, 1.82) is 0 Å². The molecule has 0 bridgehead atoms. The van der Waals surface area contributed by atoms with Gasteiger partial charge in [-0.3, -0.25) is 4.79 Å². The maximum atomic E-state index is 11.7. The highest BCUT2D eigenvalue weighted by Crippen LogP contribution is 2.37. The molecule has 0 saturated heterocycles. The monoisotopic (exact) mass is 231 g/mol. The minimum absolute atomic E-state index is 0.130. The smallest absolute Gasteiger partial charge is 0.231 e. The number of fused-ring (bicyclic) bond motifs is 1. The predicted molar refractivity (Wildman–Crippen MR) is 67.4 cm³/mol. The van der Waals surface area contributed by atoms with E-state index in [4.69, 9.17) is 0 Å². The van der Waals surface area contributed by atoms with Gasteiger partial charge in [0, 0.05) is 13.5 Å². The van der Waals surface area contributed by atoms with Gasteiger partial charge < -0.3 is 9.69 Å². The third-order valence-corrected chi connectivity index (χ3v) is 3.39. The van der Waals surface area contributed by atoms with Crippen molar-refractivity contribution >= 4 is 17.9 Å². The quantitative estimate of drug-likeness (QED) is 0.748. The highest BCUT2D eigenvalue weighted by atomic mass is 16.2. The molecule has 0 saturated carbocycles. The molecule has 1 unspecified atom stereocenters. The largest absolute Gasteiger partial charge is 0.315 e. The van der Waals surface area contributed by atoms with Gasteiger partial charge in [0.25, 0.3) is 0 Å². The van der Waals surface area contributed by atoms with E-state index in [1.54, 1.807) is 11.9 Å². The first-order valence-electron chi connectivity index (χ1n) is 5.88. The number of aldehydes is 1. The first kappa shape index (κ1) is 11.8. The Morgan fingerprint density at radius 2 is 2.18 bits per heavy atom. The molecule has 2 rings (SSSR count). The van der Waals surface area contributed by atoms with Crippen molar-refractivity contribution in [3.63, 3.8) is 0 Å². The first-order chi connectivity index (χ1) is 8.04. The average Bonchev–Trinajstić information content (AvgIpc) is 2.54. The molecule has 0 aromatic heterocycles. The minimum atomic E-state index is 0.130. The molecule has 0 spiro atoms. The highest BCUT2D eigenvalue weighted by molar-refractivity contribution is 6.02. The van der Waals surface area contributed by atoms with Crippen LogP contribution in [-0.2, 0) is 16.0 Å². The van der Waals surface area contributed by atoms with Gasteiger partial charge >= 0.3 is 0 Å². The van der Waals surface area contributed by atoms with Crippen molar-refractivity contribution in [3.8, 4) is 0 Å². The number of aryl methyl sites for hydroxylation is 1. The summed E-state index contributed by atoms with van der Waals surface area (Å²) >= 11 is 0. The van der Waals surface area contributed by atoms with Crippen LogP contribution in [0.1, 0.15) is 36.0 Å². The van der Waals surface area contributed by atoms with Gasteiger partial charge in [-0.2, -0.15) is 0 Å². The molecular formula is C14H17NO2. The zero-order valence-electron chi connectivity index (χ0n) is 10.5. The lowest BCUT2D eigenvalue weighted by atomic mass is 9.92. The lowest BCUT2D eigenvalue weighted by Crippen LogP contribution is -2.22. The summed E-state index contributed by atoms with van der Waals surface area (Å²) in [6, 6.07) is 4.15. The molecule has 1 aliphatic rings. The van der Waals surface area contributed by atoms with Crippen molar-refractivity contribution in [1.82, 2.24) is 0 Å². The second-order valence-corrected chi connectivity index (χ2v) is 4.79. The van der Waals surface area contributed by atoms with Crippen LogP contribution in [-0.4, -0.2) is 19.2 Å². The molecule has 3 heteroatoms. The number of carbonyl (C=O) groups is 2. The maximum absolute atomic E-state index is 11.7. The highest BCUT2D eigenvalue weighted by Gasteiger charge is 2.28. The Kier molecular flexibility index (Phi) is 3.01. The van der Waals surface area contributed by atoms with Gasteiger partial charge in [0.1, 0.15) is 6.29 Å². The first-order valence-corrected chi connectivity index (χ1v) is 5.88. The number of likely N-dealkylation sites (N-methyl/N-ethyl adjacent to an activating group) is 1. The number of amides is 1. The number of nitrogens with zero attached hydrogens (tertiary/aromatic N) is 1. The number of hydrogen-bond acceptors (Lipinski definition) is 2. The minimum Gasteiger partial charge on any atom is -0.315 e. The molecule has 1 atom stereocenters. The molecule has 3 nitrogen and oxygen atoms in total. The van der Waals surface area contributed by atoms with E-state index >= 15 is 0 Å². The number of benzene rings is 1. The van der Waals surface area contributed by atoms with E-state index in [1.807, 2.05) is 13.8 Å². The van der Waals surface area contributed by atoms with Gasteiger partial charge in [0.2, 0.25) is 5.91 Å². The Labute approximate surface area is 101 Å². The lowest BCUT2D eigenvalue weighted by Gasteiger charge is -2.19. The predicted octanol–water partition coefficient (Wildman–Crippen LogP) is 2.21. The van der Waals surface area contributed by atoms with E-state index < -0.39 is 0 Å². The average molecular weight is 231 g/mol. The summed E-state index contributed by atoms with van der Waals surface area (Å²) in [5.74, 6) is 0.291. The molecule has 0 N–H and O–H groups in total. The summed E-state index contributed by atoms with van der Waals surface area (Å²) < 4.78 is 0. The standard InChI is InChI=1S/C14H17NO2/c1-9-6-11-8-13(17)15(3)14(11)12(7-9)10(2)4-5-16/h5-7,10H,4,8H2,1-3H3. The van der Waals surface area contributed by atoms with Gasteiger partial charge in [-0.15, -0.1) is 0 Å². The summed E-state index contributed by atoms with van der Waals surface area (Å²) in [4.78, 5) is 24.1. The molecule has 1 aromatic rings. The van der Waals surface area contributed by atoms with Crippen LogP contribution < -0.4 is 4.90 Å². The molecule has 0 fully saturated rings. The summed E-state index contributed by atoms with van der Waals surface area (Å²) in [5, 5.41) is 0. The normalized spacial score (nSPS) is 15.9. The number of rotatable bonds is 3. The molecule has 1 aliphatic heterocycles. The molecule has 1 amide bonds. The SMILES string of the molecule is Cc1cc2c(c(C(C)CC=O)c1)N(C)C(=O)C2. The van der Waals surface area contributed by atoms with Gasteiger partial charge in [0.15, 0.2) is 0 Å². The summed E-state index contributed by atoms with van der Waals surface area (Å²) in [5.41, 5.74) is 4.36. The van der Waals surface area contributed by atoms with Crippen molar-refractivity contribution in [3.05, 3.63) is 28.8 Å². The van der Waals surface area contributed by atoms with Crippen LogP contribution in [0.3, 0.4) is 0 Å². The van der Waals surface area contributed by atoms with Gasteiger partial charge in [-0.25, -0.2) is 0 Å². The molecule has 0 aliphatic carbocycles. The molecule has 1 aromatic carbocycles. The third kappa shape index (κ3) is 1.97. The van der Waals surface area contributed by atoms with Crippen LogP contribution in [0.4, 0.5) is 5.69 Å². The Morgan fingerprint density at radius 1 is 1.47 bits per heavy atom. The fourth-order valence-electron chi connectivity index (χ4n) is 2.48. The molecule has 17 heavy (non-hydrogen) atoms. The van der Waals surface area contributed by atoms with Gasteiger partial charge in [0.05, 0.1) is 12.1 Å². The zero-order valence-corrected chi connectivity index (χ0v) is 10.5. The molecular weight excluding hydrogens is 214 g/mol. The van der Waals surface area contributed by atoms with Crippen LogP contribution in [0.5, 0.6) is 0 Å². The Hall–Kier alpha value is -1.64. The fraction of sp³-hybridized carbons (Fsp3) is 0.429. The summed E-state index contributed by atoms with van der Waals surface area (Å²) in [6.45, 7) is 4.06. The fourth-order valence-corrected chi connectivity index (χ4v) is 2.48. The van der Waals surface area contributed by atoms with E-state index in [9.17, 15) is 9.59 Å². The zero-order chi connectivity index (χ0) is 12.6. The Bertz CT molecular complexity index is 479. The maximum Gasteiger partial charge on any atom is 0.231 e. The van der Waals surface area contributed by atoms with Crippen LogP contribution in [0.25, 0.3) is 0 Å². The second-order valence-electron chi connectivity index (χ2n) is 4.79. The van der Waals surface area contributed by atoms with E-state index in [0.717, 1.165) is 28.7 Å². The van der Waals surface area contributed by atoms with E-state index in [-0.39, 0.29) is 11.8 Å². The number of hydrogen-bond donors (Lipinski definition) is 0. The molecule has 90 valence electrons. The summed E-state index contributed by atoms with van der Waals surface area (Å²) in [6.07, 6.45) is 1.92. The Morgan fingerprint density at radius 3 is 2.82 bits per heavy atom. The number of carbonyl (C=O) groups excluding carboxylic acids is 2. The van der Waals surface area contributed by atoms with E-state index in [0.29, 0.717) is 12.8 Å². The topological polar surface area (TPSA) is 37.4 Å². The van der Waals surface area contributed by atoms with E-state index in [1.165, 1.54) is 0 Å². The van der Waals surface area contributed by atoms with Crippen LogP contribution in [0.15, 0.2) is 12.1 Å². The molecule has 0 radical (unpaired) electrons. The van der Waals surface area contributed by atoms with Gasteiger partial charge in [-0.1, -0.05) is 24.6 Å². The van der Waals surface area contributed by atoms with E-state index in [2.05, 4.69) is 12.1 Å². The molecule has 1 heterocycles. The van der Waals surface area contributed by atoms with Crippen molar-refractivity contribution < 1.29 is 9.59 Å². The van der Waals surface area contributed by atoms with Crippen LogP contribution in [0.2, 0.25) is 0 Å². The van der Waals surface area contributed by atoms with Crippen LogP contribution >= 0.6 is 0 Å². The van der Waals surface area contributed by atoms with Crippen LogP contribution in [0, 0.1) is 6.92 Å². The number of anilines is 1. The van der Waals surface area contributed by atoms with Gasteiger partial charge in [-0.05, 0) is 24.0 Å². The Balaban J connectivity index is 2.53. The lowest BCUT2D eigenvalue weighted by molar-refractivity contribution is -0.117. The summed E-state index contributed by atoms with van der Waals surface area (Å²) in [7, 11) is 1.81.